The summed E-state index contributed by atoms with van der Waals surface area (Å²) < 4.78 is 4.96. The molecule has 0 amide bonds. The van der Waals surface area contributed by atoms with Crippen LogP contribution in [-0.2, 0) is 14.3 Å². The average molecular weight is 157 g/mol. The van der Waals surface area contributed by atoms with Crippen LogP contribution >= 0.6 is 0 Å². The fraction of sp³-hybridized carbons (Fsp3) is 0.750. The van der Waals surface area contributed by atoms with Gasteiger partial charge in [-0.2, -0.15) is 0 Å². The van der Waals surface area contributed by atoms with Crippen LogP contribution in [0.15, 0.2) is 0 Å². The first-order valence-corrected chi connectivity index (χ1v) is 3.75. The quantitative estimate of drug-likeness (QED) is 0.515. The van der Waals surface area contributed by atoms with E-state index in [1.165, 1.54) is 0 Å². The number of rotatable bonds is 7. The van der Waals surface area contributed by atoms with Crippen LogP contribution in [0.5, 0.6) is 0 Å². The van der Waals surface area contributed by atoms with Gasteiger partial charge in [-0.05, 0) is 6.92 Å². The standard InChI is InChI=1S/C8H13O3/c1-2-11-7-5-8(10)4-3-6-9/h2-5,7H2,1H3. The number of carbonyl (C=O) groups is 1. The summed E-state index contributed by atoms with van der Waals surface area (Å²) >= 11 is 0. The van der Waals surface area contributed by atoms with Gasteiger partial charge in [0, 0.05) is 25.9 Å². The van der Waals surface area contributed by atoms with Gasteiger partial charge in [0.2, 0.25) is 0 Å². The molecule has 0 saturated carbocycles. The molecule has 0 aliphatic heterocycles. The molecule has 11 heavy (non-hydrogen) atoms. The van der Waals surface area contributed by atoms with Gasteiger partial charge in [-0.1, -0.05) is 0 Å². The third kappa shape index (κ3) is 7.19. The normalized spacial score (nSPS) is 9.55. The Labute approximate surface area is 66.7 Å². The summed E-state index contributed by atoms with van der Waals surface area (Å²) in [6, 6.07) is 0. The molecule has 0 heterocycles. The third-order valence-corrected chi connectivity index (χ3v) is 1.24. The maximum atomic E-state index is 10.8. The minimum absolute atomic E-state index is 0.0711. The lowest BCUT2D eigenvalue weighted by Crippen LogP contribution is -2.03. The minimum atomic E-state index is 0.0711. The first-order valence-electron chi connectivity index (χ1n) is 3.75. The van der Waals surface area contributed by atoms with E-state index in [-0.39, 0.29) is 12.2 Å². The van der Waals surface area contributed by atoms with E-state index >= 15 is 0 Å². The van der Waals surface area contributed by atoms with Crippen LogP contribution in [0.1, 0.15) is 26.2 Å². The second-order valence-electron chi connectivity index (χ2n) is 2.13. The van der Waals surface area contributed by atoms with Gasteiger partial charge in [0.05, 0.1) is 6.61 Å². The molecule has 0 atom stereocenters. The molecule has 0 saturated heterocycles. The summed E-state index contributed by atoms with van der Waals surface area (Å²) in [5.74, 6) is 0.0711. The van der Waals surface area contributed by atoms with Gasteiger partial charge >= 0.3 is 0 Å². The SMILES string of the molecule is CCOCCC(=O)CC[C]=O. The second-order valence-corrected chi connectivity index (χ2v) is 2.13. The van der Waals surface area contributed by atoms with Crippen molar-refractivity contribution in [2.24, 2.45) is 0 Å². The first kappa shape index (κ1) is 10.3. The van der Waals surface area contributed by atoms with E-state index in [9.17, 15) is 9.59 Å². The molecular weight excluding hydrogens is 144 g/mol. The molecule has 0 spiro atoms. The summed E-state index contributed by atoms with van der Waals surface area (Å²) in [5.41, 5.74) is 0. The maximum Gasteiger partial charge on any atom is 0.198 e. The van der Waals surface area contributed by atoms with Crippen molar-refractivity contribution >= 4 is 12.1 Å². The zero-order valence-electron chi connectivity index (χ0n) is 6.76. The number of carbonyl (C=O) groups excluding carboxylic acids is 2. The second kappa shape index (κ2) is 7.41. The predicted molar refractivity (Wildman–Crippen MR) is 41.0 cm³/mol. The molecule has 0 fully saturated rings. The van der Waals surface area contributed by atoms with E-state index in [4.69, 9.17) is 4.74 Å². The maximum absolute atomic E-state index is 10.8. The summed E-state index contributed by atoms with van der Waals surface area (Å²) in [6.07, 6.45) is 2.60. The highest BCUT2D eigenvalue weighted by Gasteiger charge is 2.00. The summed E-state index contributed by atoms with van der Waals surface area (Å²) in [5, 5.41) is 0. The molecule has 0 aromatic heterocycles. The van der Waals surface area contributed by atoms with Gasteiger partial charge in [0.25, 0.3) is 0 Å². The van der Waals surface area contributed by atoms with Crippen molar-refractivity contribution in [3.8, 4) is 0 Å². The van der Waals surface area contributed by atoms with Crippen LogP contribution in [0.2, 0.25) is 0 Å². The molecule has 1 radical (unpaired) electrons. The van der Waals surface area contributed by atoms with Crippen LogP contribution in [0.4, 0.5) is 0 Å². The minimum Gasteiger partial charge on any atom is -0.381 e. The zero-order valence-corrected chi connectivity index (χ0v) is 6.76. The summed E-state index contributed by atoms with van der Waals surface area (Å²) in [6.45, 7) is 2.98. The molecular formula is C8H13O3. The number of hydrogen-bond donors (Lipinski definition) is 0. The van der Waals surface area contributed by atoms with Gasteiger partial charge < -0.3 is 4.74 Å². The van der Waals surface area contributed by atoms with Crippen LogP contribution in [0.25, 0.3) is 0 Å². The van der Waals surface area contributed by atoms with E-state index in [1.807, 2.05) is 6.92 Å². The number of ether oxygens (including phenoxy) is 1. The Bertz CT molecular complexity index is 121. The fourth-order valence-electron chi connectivity index (χ4n) is 0.646. The Kier molecular flexibility index (Phi) is 6.94. The Balaban J connectivity index is 3.15. The molecule has 0 bridgehead atoms. The lowest BCUT2D eigenvalue weighted by molar-refractivity contribution is -0.119. The van der Waals surface area contributed by atoms with Crippen LogP contribution in [0.3, 0.4) is 0 Å². The van der Waals surface area contributed by atoms with Gasteiger partial charge in [-0.25, -0.2) is 0 Å². The zero-order chi connectivity index (χ0) is 8.53. The van der Waals surface area contributed by atoms with Gasteiger partial charge in [-0.3, -0.25) is 9.59 Å². The van der Waals surface area contributed by atoms with Crippen molar-refractivity contribution in [2.45, 2.75) is 26.2 Å². The average Bonchev–Trinajstić information content (AvgIpc) is 2.01. The molecule has 63 valence electrons. The van der Waals surface area contributed by atoms with E-state index in [0.29, 0.717) is 26.1 Å². The molecule has 3 nitrogen and oxygen atoms in total. The van der Waals surface area contributed by atoms with Gasteiger partial charge in [-0.15, -0.1) is 0 Å². The van der Waals surface area contributed by atoms with Crippen molar-refractivity contribution < 1.29 is 14.3 Å². The van der Waals surface area contributed by atoms with Crippen LogP contribution in [0, 0.1) is 0 Å². The van der Waals surface area contributed by atoms with Crippen molar-refractivity contribution in [2.75, 3.05) is 13.2 Å². The smallest absolute Gasteiger partial charge is 0.198 e. The van der Waals surface area contributed by atoms with Crippen LogP contribution < -0.4 is 0 Å². The van der Waals surface area contributed by atoms with Crippen molar-refractivity contribution in [3.05, 3.63) is 0 Å². The Morgan fingerprint density at radius 3 is 2.73 bits per heavy atom. The Hall–Kier alpha value is -0.700. The summed E-state index contributed by atoms with van der Waals surface area (Å²) in [7, 11) is 0. The molecule has 3 heteroatoms. The predicted octanol–water partition coefficient (Wildman–Crippen LogP) is 0.872. The highest BCUT2D eigenvalue weighted by molar-refractivity contribution is 5.80. The lowest BCUT2D eigenvalue weighted by atomic mass is 10.2. The van der Waals surface area contributed by atoms with E-state index in [0.717, 1.165) is 0 Å². The van der Waals surface area contributed by atoms with Crippen LogP contribution in [-0.4, -0.2) is 25.3 Å². The molecule has 0 aliphatic rings. The van der Waals surface area contributed by atoms with Crippen molar-refractivity contribution in [3.63, 3.8) is 0 Å². The molecule has 0 aliphatic carbocycles. The van der Waals surface area contributed by atoms with Crippen molar-refractivity contribution in [1.29, 1.82) is 0 Å². The highest BCUT2D eigenvalue weighted by Crippen LogP contribution is 1.93. The number of ketones is 1. The molecule has 0 aromatic rings. The van der Waals surface area contributed by atoms with Gasteiger partial charge in [0.1, 0.15) is 5.78 Å². The monoisotopic (exact) mass is 157 g/mol. The molecule has 0 rings (SSSR count). The molecule has 0 unspecified atom stereocenters. The fourth-order valence-corrected chi connectivity index (χ4v) is 0.646. The van der Waals surface area contributed by atoms with E-state index in [1.54, 1.807) is 6.29 Å². The van der Waals surface area contributed by atoms with E-state index < -0.39 is 0 Å². The third-order valence-electron chi connectivity index (χ3n) is 1.24. The largest absolute Gasteiger partial charge is 0.381 e. The molecule has 0 N–H and O–H groups in total. The topological polar surface area (TPSA) is 43.4 Å². The van der Waals surface area contributed by atoms with Gasteiger partial charge in [0.15, 0.2) is 6.29 Å². The highest BCUT2D eigenvalue weighted by atomic mass is 16.5. The Morgan fingerprint density at radius 2 is 2.18 bits per heavy atom. The van der Waals surface area contributed by atoms with E-state index in [2.05, 4.69) is 0 Å². The number of Topliss-reactive ketones (excluding diaryl/α,β-unsaturated/α-hetero) is 1. The van der Waals surface area contributed by atoms with Crippen molar-refractivity contribution in [1.82, 2.24) is 0 Å². The molecule has 0 aromatic carbocycles. The Morgan fingerprint density at radius 1 is 1.45 bits per heavy atom. The summed E-state index contributed by atoms with van der Waals surface area (Å²) in [4.78, 5) is 20.5. The number of hydrogen-bond acceptors (Lipinski definition) is 3. The lowest BCUT2D eigenvalue weighted by Gasteiger charge is -1.97. The first-order chi connectivity index (χ1) is 5.31.